The topological polar surface area (TPSA) is 72.2 Å². The van der Waals surface area contributed by atoms with Gasteiger partial charge in [-0.1, -0.05) is 13.8 Å². The molecule has 0 aromatic heterocycles. The van der Waals surface area contributed by atoms with E-state index < -0.39 is 16.3 Å². The van der Waals surface area contributed by atoms with Gasteiger partial charge < -0.3 is 11.1 Å². The van der Waals surface area contributed by atoms with E-state index in [-0.39, 0.29) is 11.7 Å². The molecule has 0 radical (unpaired) electrons. The van der Waals surface area contributed by atoms with Crippen molar-refractivity contribution in [2.75, 3.05) is 18.1 Å². The Morgan fingerprint density at radius 3 is 2.44 bits per heavy atom. The maximum absolute atomic E-state index is 11.5. The van der Waals surface area contributed by atoms with Crippen molar-refractivity contribution in [1.29, 1.82) is 0 Å². The van der Waals surface area contributed by atoms with E-state index >= 15 is 0 Å². The molecule has 0 fully saturated rings. The van der Waals surface area contributed by atoms with Gasteiger partial charge in [0.2, 0.25) is 5.91 Å². The van der Waals surface area contributed by atoms with E-state index in [9.17, 15) is 9.00 Å². The number of hydrogen-bond acceptors (Lipinski definition) is 3. The van der Waals surface area contributed by atoms with Crippen molar-refractivity contribution >= 4 is 16.7 Å². The molecule has 16 heavy (non-hydrogen) atoms. The SMILES string of the molecule is CC(C)CCNC(=O)CS(=O)CC(C)(C)N. The van der Waals surface area contributed by atoms with Crippen LogP contribution in [0.3, 0.4) is 0 Å². The summed E-state index contributed by atoms with van der Waals surface area (Å²) in [7, 11) is -1.17. The number of rotatable bonds is 7. The van der Waals surface area contributed by atoms with Crippen molar-refractivity contribution in [2.24, 2.45) is 11.7 Å². The van der Waals surface area contributed by atoms with Crippen molar-refractivity contribution in [2.45, 2.75) is 39.7 Å². The van der Waals surface area contributed by atoms with E-state index in [0.717, 1.165) is 6.42 Å². The highest BCUT2D eigenvalue weighted by molar-refractivity contribution is 7.85. The summed E-state index contributed by atoms with van der Waals surface area (Å²) < 4.78 is 11.5. The normalized spacial score (nSPS) is 13.9. The average Bonchev–Trinajstić information content (AvgIpc) is 1.98. The Labute approximate surface area is 101 Å². The lowest BCUT2D eigenvalue weighted by atomic mass is 10.1. The highest BCUT2D eigenvalue weighted by Crippen LogP contribution is 2.00. The lowest BCUT2D eigenvalue weighted by Crippen LogP contribution is -2.40. The van der Waals surface area contributed by atoms with Gasteiger partial charge >= 0.3 is 0 Å². The van der Waals surface area contributed by atoms with Crippen LogP contribution in [0.2, 0.25) is 0 Å². The van der Waals surface area contributed by atoms with Crippen molar-refractivity contribution < 1.29 is 9.00 Å². The third kappa shape index (κ3) is 10.1. The molecule has 1 unspecified atom stereocenters. The second kappa shape index (κ2) is 7.01. The first kappa shape index (κ1) is 15.6. The van der Waals surface area contributed by atoms with Crippen LogP contribution in [0, 0.1) is 5.92 Å². The van der Waals surface area contributed by atoms with Crippen LogP contribution in [0.15, 0.2) is 0 Å². The van der Waals surface area contributed by atoms with Crippen LogP contribution in [0.1, 0.15) is 34.1 Å². The minimum Gasteiger partial charge on any atom is -0.355 e. The van der Waals surface area contributed by atoms with Gasteiger partial charge in [0, 0.05) is 28.6 Å². The standard InChI is InChI=1S/C11H24N2O2S/c1-9(2)5-6-13-10(14)7-16(15)8-11(3,4)12/h9H,5-8,12H2,1-4H3,(H,13,14). The van der Waals surface area contributed by atoms with Gasteiger partial charge in [-0.25, -0.2) is 0 Å². The molecule has 3 N–H and O–H groups in total. The van der Waals surface area contributed by atoms with Gasteiger partial charge in [0.25, 0.3) is 0 Å². The largest absolute Gasteiger partial charge is 0.355 e. The van der Waals surface area contributed by atoms with Crippen LogP contribution >= 0.6 is 0 Å². The Kier molecular flexibility index (Phi) is 6.83. The van der Waals surface area contributed by atoms with Gasteiger partial charge in [0.15, 0.2) is 0 Å². The predicted octanol–water partition coefficient (Wildman–Crippen LogP) is 0.635. The summed E-state index contributed by atoms with van der Waals surface area (Å²) in [5.74, 6) is 0.820. The molecule has 0 saturated heterocycles. The summed E-state index contributed by atoms with van der Waals surface area (Å²) in [5, 5.41) is 2.76. The van der Waals surface area contributed by atoms with E-state index in [1.54, 1.807) is 0 Å². The maximum Gasteiger partial charge on any atom is 0.232 e. The molecule has 0 spiro atoms. The summed E-state index contributed by atoms with van der Waals surface area (Å²) >= 11 is 0. The average molecular weight is 248 g/mol. The molecule has 1 amide bonds. The minimum atomic E-state index is -1.17. The molecule has 1 atom stereocenters. The molecule has 4 nitrogen and oxygen atoms in total. The molecule has 96 valence electrons. The molecule has 0 saturated carbocycles. The number of carbonyl (C=O) groups excluding carboxylic acids is 1. The molecule has 0 aromatic rings. The summed E-state index contributed by atoms with van der Waals surface area (Å²) in [6.45, 7) is 8.46. The molecule has 0 bridgehead atoms. The Hall–Kier alpha value is -0.420. The second-order valence-electron chi connectivity index (χ2n) is 5.25. The summed E-state index contributed by atoms with van der Waals surface area (Å²) in [6, 6.07) is 0. The van der Waals surface area contributed by atoms with Crippen molar-refractivity contribution in [3.63, 3.8) is 0 Å². The quantitative estimate of drug-likeness (QED) is 0.694. The van der Waals surface area contributed by atoms with Crippen molar-refractivity contribution in [3.05, 3.63) is 0 Å². The van der Waals surface area contributed by atoms with Gasteiger partial charge in [-0.2, -0.15) is 0 Å². The van der Waals surface area contributed by atoms with Crippen LogP contribution in [0.25, 0.3) is 0 Å². The molecule has 0 aliphatic heterocycles. The van der Waals surface area contributed by atoms with E-state index in [4.69, 9.17) is 5.73 Å². The van der Waals surface area contributed by atoms with Crippen LogP contribution in [-0.4, -0.2) is 33.7 Å². The minimum absolute atomic E-state index is 0.0543. The lowest BCUT2D eigenvalue weighted by molar-refractivity contribution is -0.118. The Morgan fingerprint density at radius 1 is 1.44 bits per heavy atom. The highest BCUT2D eigenvalue weighted by Gasteiger charge is 2.17. The van der Waals surface area contributed by atoms with Crippen molar-refractivity contribution in [3.8, 4) is 0 Å². The molecule has 0 rings (SSSR count). The molecule has 0 aliphatic rings. The number of hydrogen-bond donors (Lipinski definition) is 2. The monoisotopic (exact) mass is 248 g/mol. The third-order valence-corrected chi connectivity index (χ3v) is 3.52. The molecule has 0 aliphatic carbocycles. The highest BCUT2D eigenvalue weighted by atomic mass is 32.2. The van der Waals surface area contributed by atoms with E-state index in [1.807, 2.05) is 13.8 Å². The predicted molar refractivity (Wildman–Crippen MR) is 68.6 cm³/mol. The Morgan fingerprint density at radius 2 is 2.00 bits per heavy atom. The zero-order valence-electron chi connectivity index (χ0n) is 10.7. The van der Waals surface area contributed by atoms with E-state index in [0.29, 0.717) is 18.2 Å². The molecule has 5 heteroatoms. The van der Waals surface area contributed by atoms with Gasteiger partial charge in [-0.3, -0.25) is 9.00 Å². The maximum atomic E-state index is 11.5. The number of amides is 1. The van der Waals surface area contributed by atoms with Gasteiger partial charge in [-0.15, -0.1) is 0 Å². The fourth-order valence-electron chi connectivity index (χ4n) is 1.16. The zero-order chi connectivity index (χ0) is 12.8. The summed E-state index contributed by atoms with van der Waals surface area (Å²) in [6.07, 6.45) is 0.945. The van der Waals surface area contributed by atoms with E-state index in [1.165, 1.54) is 0 Å². The molecule has 0 aromatic carbocycles. The van der Waals surface area contributed by atoms with Crippen molar-refractivity contribution in [1.82, 2.24) is 5.32 Å². The van der Waals surface area contributed by atoms with Crippen LogP contribution in [0.5, 0.6) is 0 Å². The van der Waals surface area contributed by atoms with E-state index in [2.05, 4.69) is 19.2 Å². The van der Waals surface area contributed by atoms with Gasteiger partial charge in [0.05, 0.1) is 0 Å². The number of carbonyl (C=O) groups is 1. The molecule has 0 heterocycles. The first-order valence-corrected chi connectivity index (χ1v) is 7.10. The molecular formula is C11H24N2O2S. The first-order valence-electron chi connectivity index (χ1n) is 5.61. The lowest BCUT2D eigenvalue weighted by Gasteiger charge is -2.17. The van der Waals surface area contributed by atoms with Crippen LogP contribution in [0.4, 0.5) is 0 Å². The second-order valence-corrected chi connectivity index (χ2v) is 6.71. The van der Waals surface area contributed by atoms with Gasteiger partial charge in [0.1, 0.15) is 5.75 Å². The third-order valence-electron chi connectivity index (χ3n) is 1.87. The fraction of sp³-hybridized carbons (Fsp3) is 0.909. The zero-order valence-corrected chi connectivity index (χ0v) is 11.5. The Balaban J connectivity index is 3.75. The Bertz CT molecular complexity index is 247. The number of nitrogens with two attached hydrogens (primary N) is 1. The van der Waals surface area contributed by atoms with Crippen LogP contribution in [-0.2, 0) is 15.6 Å². The molecular weight excluding hydrogens is 224 g/mol. The van der Waals surface area contributed by atoms with Crippen LogP contribution < -0.4 is 11.1 Å². The van der Waals surface area contributed by atoms with Gasteiger partial charge in [-0.05, 0) is 26.2 Å². The first-order chi connectivity index (χ1) is 7.20. The summed E-state index contributed by atoms with van der Waals surface area (Å²) in [4.78, 5) is 11.4. The smallest absolute Gasteiger partial charge is 0.232 e. The fourth-order valence-corrected chi connectivity index (χ4v) is 2.49. The summed E-state index contributed by atoms with van der Waals surface area (Å²) in [5.41, 5.74) is 5.24. The number of nitrogens with one attached hydrogen (secondary N) is 1.